The summed E-state index contributed by atoms with van der Waals surface area (Å²) in [6.45, 7) is 4.23. The van der Waals surface area contributed by atoms with Gasteiger partial charge in [0.1, 0.15) is 12.7 Å². The van der Waals surface area contributed by atoms with Crippen LogP contribution in [-0.4, -0.2) is 67.0 Å². The largest absolute Gasteiger partial charge is 0.462 e. The SMILES string of the molecule is CC(=O)OC[C@@H](OC(C)=O)[C@H]1O[C@@H](NC(=O)C2CC2)[C@@H](OC(C)=O)C1OC(C)=O. The van der Waals surface area contributed by atoms with Gasteiger partial charge in [-0.25, -0.2) is 0 Å². The molecular formula is C18H25NO10. The minimum absolute atomic E-state index is 0.159. The van der Waals surface area contributed by atoms with Gasteiger partial charge >= 0.3 is 23.9 Å². The number of hydrogen-bond donors (Lipinski definition) is 1. The van der Waals surface area contributed by atoms with Crippen LogP contribution in [0.25, 0.3) is 0 Å². The molecule has 2 fully saturated rings. The molecule has 11 heteroatoms. The van der Waals surface area contributed by atoms with Gasteiger partial charge in [-0.15, -0.1) is 0 Å². The number of nitrogens with one attached hydrogen (secondary N) is 1. The lowest BCUT2D eigenvalue weighted by Crippen LogP contribution is -2.48. The third-order valence-electron chi connectivity index (χ3n) is 4.22. The summed E-state index contributed by atoms with van der Waals surface area (Å²) in [6, 6.07) is 0. The van der Waals surface area contributed by atoms with Gasteiger partial charge in [0.05, 0.1) is 0 Å². The van der Waals surface area contributed by atoms with Crippen molar-refractivity contribution in [2.24, 2.45) is 5.92 Å². The van der Waals surface area contributed by atoms with Crippen LogP contribution in [0, 0.1) is 5.92 Å². The number of rotatable bonds is 8. The van der Waals surface area contributed by atoms with Crippen molar-refractivity contribution in [2.45, 2.75) is 71.2 Å². The molecule has 1 unspecified atom stereocenters. The molecule has 0 radical (unpaired) electrons. The van der Waals surface area contributed by atoms with Crippen LogP contribution in [-0.2, 0) is 47.7 Å². The van der Waals surface area contributed by atoms with Crippen molar-refractivity contribution in [1.82, 2.24) is 5.32 Å². The van der Waals surface area contributed by atoms with E-state index in [-0.39, 0.29) is 18.4 Å². The van der Waals surface area contributed by atoms with Crippen LogP contribution < -0.4 is 5.32 Å². The second kappa shape index (κ2) is 9.68. The van der Waals surface area contributed by atoms with E-state index >= 15 is 0 Å². The highest BCUT2D eigenvalue weighted by Gasteiger charge is 2.54. The molecule has 1 N–H and O–H groups in total. The van der Waals surface area contributed by atoms with Crippen LogP contribution in [0.4, 0.5) is 0 Å². The number of carbonyl (C=O) groups is 5. The Morgan fingerprint density at radius 1 is 0.897 bits per heavy atom. The smallest absolute Gasteiger partial charge is 0.303 e. The minimum atomic E-state index is -1.21. The Morgan fingerprint density at radius 2 is 1.48 bits per heavy atom. The monoisotopic (exact) mass is 415 g/mol. The lowest BCUT2D eigenvalue weighted by atomic mass is 10.0. The minimum Gasteiger partial charge on any atom is -0.462 e. The lowest BCUT2D eigenvalue weighted by molar-refractivity contribution is -0.177. The Labute approximate surface area is 167 Å². The van der Waals surface area contributed by atoms with E-state index in [2.05, 4.69) is 5.32 Å². The summed E-state index contributed by atoms with van der Waals surface area (Å²) < 4.78 is 26.4. The number of ether oxygens (including phenoxy) is 5. The lowest BCUT2D eigenvalue weighted by Gasteiger charge is -2.27. The molecule has 11 nitrogen and oxygen atoms in total. The molecule has 1 aliphatic heterocycles. The predicted octanol–water partition coefficient (Wildman–Crippen LogP) is -0.404. The molecule has 0 bridgehead atoms. The maximum atomic E-state index is 12.2. The molecule has 162 valence electrons. The summed E-state index contributed by atoms with van der Waals surface area (Å²) in [7, 11) is 0. The Morgan fingerprint density at radius 3 is 1.97 bits per heavy atom. The van der Waals surface area contributed by atoms with Gasteiger partial charge in [-0.3, -0.25) is 24.0 Å². The van der Waals surface area contributed by atoms with Crippen molar-refractivity contribution in [3.05, 3.63) is 0 Å². The summed E-state index contributed by atoms with van der Waals surface area (Å²) in [5.74, 6) is -3.16. The molecule has 0 aromatic carbocycles. The van der Waals surface area contributed by atoms with E-state index in [1.54, 1.807) is 0 Å². The normalized spacial score (nSPS) is 26.8. The Kier molecular flexibility index (Phi) is 7.54. The molecule has 0 aromatic rings. The zero-order valence-electron chi connectivity index (χ0n) is 16.7. The molecule has 1 amide bonds. The zero-order chi connectivity index (χ0) is 21.7. The quantitative estimate of drug-likeness (QED) is 0.410. The van der Waals surface area contributed by atoms with Gasteiger partial charge in [0.15, 0.2) is 24.5 Å². The van der Waals surface area contributed by atoms with E-state index in [0.717, 1.165) is 33.6 Å². The van der Waals surface area contributed by atoms with E-state index in [0.29, 0.717) is 0 Å². The fraction of sp³-hybridized carbons (Fsp3) is 0.722. The third-order valence-corrected chi connectivity index (χ3v) is 4.22. The van der Waals surface area contributed by atoms with Crippen molar-refractivity contribution in [3.63, 3.8) is 0 Å². The average molecular weight is 415 g/mol. The predicted molar refractivity (Wildman–Crippen MR) is 92.8 cm³/mol. The molecule has 29 heavy (non-hydrogen) atoms. The molecule has 1 saturated heterocycles. The fourth-order valence-corrected chi connectivity index (χ4v) is 2.96. The van der Waals surface area contributed by atoms with E-state index in [1.807, 2.05) is 0 Å². The van der Waals surface area contributed by atoms with Crippen LogP contribution >= 0.6 is 0 Å². The van der Waals surface area contributed by atoms with Crippen LogP contribution in [0.5, 0.6) is 0 Å². The van der Waals surface area contributed by atoms with Gasteiger partial charge in [0.2, 0.25) is 5.91 Å². The summed E-state index contributed by atoms with van der Waals surface area (Å²) >= 11 is 0. The number of hydrogen-bond acceptors (Lipinski definition) is 10. The van der Waals surface area contributed by atoms with E-state index in [1.165, 1.54) is 6.92 Å². The Bertz CT molecular complexity index is 674. The second-order valence-electron chi connectivity index (χ2n) is 6.90. The molecule has 1 aliphatic carbocycles. The molecule has 5 atom stereocenters. The first kappa shape index (κ1) is 22.6. The third kappa shape index (κ3) is 6.70. The van der Waals surface area contributed by atoms with E-state index < -0.39 is 54.5 Å². The standard InChI is InChI=1S/C18H25NO10/c1-8(20)25-7-13(26-9(2)21)14-15(27-10(3)22)16(28-11(4)23)18(29-14)19-17(24)12-5-6-12/h12-16,18H,5-7H2,1-4H3,(H,19,24)/t13-,14-,15?,16+,18-/m1/s1. The van der Waals surface area contributed by atoms with Crippen molar-refractivity contribution in [1.29, 1.82) is 0 Å². The van der Waals surface area contributed by atoms with E-state index in [4.69, 9.17) is 23.7 Å². The van der Waals surface area contributed by atoms with Crippen molar-refractivity contribution in [2.75, 3.05) is 6.61 Å². The van der Waals surface area contributed by atoms with E-state index in [9.17, 15) is 24.0 Å². The van der Waals surface area contributed by atoms with Gasteiger partial charge in [0, 0.05) is 33.6 Å². The van der Waals surface area contributed by atoms with Gasteiger partial charge < -0.3 is 29.0 Å². The molecule has 0 spiro atoms. The van der Waals surface area contributed by atoms with Gasteiger partial charge in [0.25, 0.3) is 0 Å². The van der Waals surface area contributed by atoms with Gasteiger partial charge in [-0.2, -0.15) is 0 Å². The topological polar surface area (TPSA) is 144 Å². The number of amides is 1. The first-order valence-corrected chi connectivity index (χ1v) is 9.19. The molecule has 2 aliphatic rings. The average Bonchev–Trinajstić information content (AvgIpc) is 3.39. The maximum absolute atomic E-state index is 12.2. The van der Waals surface area contributed by atoms with Crippen LogP contribution in [0.1, 0.15) is 40.5 Å². The molecule has 2 rings (SSSR count). The zero-order valence-corrected chi connectivity index (χ0v) is 16.7. The van der Waals surface area contributed by atoms with Crippen molar-refractivity contribution >= 4 is 29.8 Å². The van der Waals surface area contributed by atoms with Gasteiger partial charge in [-0.05, 0) is 12.8 Å². The van der Waals surface area contributed by atoms with Crippen LogP contribution in [0.3, 0.4) is 0 Å². The Hall–Kier alpha value is -2.69. The van der Waals surface area contributed by atoms with Crippen molar-refractivity contribution in [3.8, 4) is 0 Å². The highest BCUT2D eigenvalue weighted by molar-refractivity contribution is 5.81. The first-order valence-electron chi connectivity index (χ1n) is 9.19. The number of carbonyl (C=O) groups excluding carboxylic acids is 5. The van der Waals surface area contributed by atoms with Crippen LogP contribution in [0.2, 0.25) is 0 Å². The van der Waals surface area contributed by atoms with Crippen LogP contribution in [0.15, 0.2) is 0 Å². The molecule has 1 heterocycles. The summed E-state index contributed by atoms with van der Waals surface area (Å²) in [6.07, 6.45) is -4.39. The highest BCUT2D eigenvalue weighted by Crippen LogP contribution is 2.32. The second-order valence-corrected chi connectivity index (χ2v) is 6.90. The summed E-state index contributed by atoms with van der Waals surface area (Å²) in [5, 5.41) is 2.62. The molecule has 1 saturated carbocycles. The highest BCUT2D eigenvalue weighted by atomic mass is 16.7. The molecular weight excluding hydrogens is 390 g/mol. The maximum Gasteiger partial charge on any atom is 0.303 e. The van der Waals surface area contributed by atoms with Gasteiger partial charge in [-0.1, -0.05) is 0 Å². The fourth-order valence-electron chi connectivity index (χ4n) is 2.96. The number of esters is 4. The molecule has 0 aromatic heterocycles. The summed E-state index contributed by atoms with van der Waals surface area (Å²) in [5.41, 5.74) is 0. The summed E-state index contributed by atoms with van der Waals surface area (Å²) in [4.78, 5) is 58.1. The Balaban J connectivity index is 2.29. The first-order chi connectivity index (χ1) is 13.6. The van der Waals surface area contributed by atoms with Crippen molar-refractivity contribution < 1.29 is 47.7 Å².